The van der Waals surface area contributed by atoms with Crippen molar-refractivity contribution in [2.75, 3.05) is 5.88 Å². The van der Waals surface area contributed by atoms with Gasteiger partial charge in [-0.1, -0.05) is 5.21 Å². The van der Waals surface area contributed by atoms with Gasteiger partial charge in [0.25, 0.3) is 0 Å². The Morgan fingerprint density at radius 3 is 2.41 bits per heavy atom. The topological polar surface area (TPSA) is 30.7 Å². The maximum Gasteiger partial charge on any atom is 0.194 e. The summed E-state index contributed by atoms with van der Waals surface area (Å²) in [5.41, 5.74) is 0.653. The molecule has 0 fully saturated rings. The van der Waals surface area contributed by atoms with E-state index in [9.17, 15) is 13.2 Å². The number of rotatable bonds is 3. The maximum absolute atomic E-state index is 13.0. The summed E-state index contributed by atoms with van der Waals surface area (Å²) < 4.78 is 39.9. The molecule has 1 aromatic heterocycles. The Morgan fingerprint density at radius 1 is 1.18 bits per heavy atom. The van der Waals surface area contributed by atoms with Gasteiger partial charge in [-0.25, -0.2) is 17.9 Å². The molecule has 0 aliphatic carbocycles. The first-order chi connectivity index (χ1) is 8.11. The first kappa shape index (κ1) is 11.9. The number of hydrogen-bond donors (Lipinski definition) is 0. The van der Waals surface area contributed by atoms with Crippen LogP contribution in [0.15, 0.2) is 18.3 Å². The van der Waals surface area contributed by atoms with Crippen molar-refractivity contribution < 1.29 is 13.2 Å². The summed E-state index contributed by atoms with van der Waals surface area (Å²) in [6, 6.07) is 1.69. The Bertz CT molecular complexity index is 518. The molecule has 0 spiro atoms. The molecule has 1 heterocycles. The van der Waals surface area contributed by atoms with E-state index in [0.29, 0.717) is 18.0 Å². The molecule has 0 radical (unpaired) electrons. The van der Waals surface area contributed by atoms with Gasteiger partial charge in [-0.2, -0.15) is 0 Å². The largest absolute Gasteiger partial charge is 0.220 e. The zero-order valence-electron chi connectivity index (χ0n) is 8.50. The predicted molar refractivity (Wildman–Crippen MR) is 55.7 cm³/mol. The van der Waals surface area contributed by atoms with Crippen LogP contribution in [0.25, 0.3) is 5.69 Å². The lowest BCUT2D eigenvalue weighted by Crippen LogP contribution is -1.99. The Kier molecular flexibility index (Phi) is 3.33. The van der Waals surface area contributed by atoms with Gasteiger partial charge in [0.2, 0.25) is 0 Å². The van der Waals surface area contributed by atoms with Crippen LogP contribution >= 0.6 is 11.6 Å². The normalized spacial score (nSPS) is 10.8. The molecule has 0 amide bonds. The second-order valence-electron chi connectivity index (χ2n) is 3.32. The Labute approximate surface area is 99.8 Å². The average molecular weight is 262 g/mol. The molecule has 90 valence electrons. The van der Waals surface area contributed by atoms with Crippen LogP contribution in [0.5, 0.6) is 0 Å². The van der Waals surface area contributed by atoms with Crippen molar-refractivity contribution in [2.45, 2.75) is 6.42 Å². The minimum Gasteiger partial charge on any atom is -0.220 e. The highest BCUT2D eigenvalue weighted by atomic mass is 35.5. The smallest absolute Gasteiger partial charge is 0.194 e. The molecule has 17 heavy (non-hydrogen) atoms. The second kappa shape index (κ2) is 4.75. The van der Waals surface area contributed by atoms with Crippen LogP contribution in [0, 0.1) is 17.5 Å². The minimum absolute atomic E-state index is 0.0646. The van der Waals surface area contributed by atoms with Crippen LogP contribution in [0.3, 0.4) is 0 Å². The highest BCUT2D eigenvalue weighted by Crippen LogP contribution is 2.16. The molecular weight excluding hydrogens is 255 g/mol. The lowest BCUT2D eigenvalue weighted by atomic mass is 10.3. The lowest BCUT2D eigenvalue weighted by molar-refractivity contribution is 0.446. The number of aryl methyl sites for hydroxylation is 1. The molecule has 0 atom stereocenters. The van der Waals surface area contributed by atoms with E-state index in [2.05, 4.69) is 10.3 Å². The van der Waals surface area contributed by atoms with Crippen LogP contribution in [0.2, 0.25) is 0 Å². The molecule has 2 aromatic rings. The summed E-state index contributed by atoms with van der Waals surface area (Å²) >= 11 is 5.52. The maximum atomic E-state index is 13.0. The van der Waals surface area contributed by atoms with Gasteiger partial charge in [-0.05, 0) is 0 Å². The third-order valence-electron chi connectivity index (χ3n) is 2.12. The molecule has 0 saturated heterocycles. The number of aromatic nitrogens is 3. The van der Waals surface area contributed by atoms with E-state index in [1.54, 1.807) is 0 Å². The fraction of sp³-hybridized carbons (Fsp3) is 0.200. The highest BCUT2D eigenvalue weighted by molar-refractivity contribution is 6.17. The Hall–Kier alpha value is -1.56. The third-order valence-corrected chi connectivity index (χ3v) is 2.31. The molecular formula is C10H7ClF3N3. The fourth-order valence-electron chi connectivity index (χ4n) is 1.31. The van der Waals surface area contributed by atoms with Gasteiger partial charge in [-0.3, -0.25) is 0 Å². The number of halogens is 4. The van der Waals surface area contributed by atoms with Gasteiger partial charge >= 0.3 is 0 Å². The molecule has 2 rings (SSSR count). The summed E-state index contributed by atoms with van der Waals surface area (Å²) in [5.74, 6) is -3.68. The molecule has 0 unspecified atom stereocenters. The predicted octanol–water partition coefficient (Wildman–Crippen LogP) is 2.47. The number of alkyl halides is 1. The average Bonchev–Trinajstić information content (AvgIpc) is 2.74. The van der Waals surface area contributed by atoms with Gasteiger partial charge in [0.15, 0.2) is 17.5 Å². The van der Waals surface area contributed by atoms with Crippen LogP contribution in [0.4, 0.5) is 13.2 Å². The van der Waals surface area contributed by atoms with Crippen molar-refractivity contribution in [3.05, 3.63) is 41.5 Å². The summed E-state index contributed by atoms with van der Waals surface area (Å²) in [7, 11) is 0. The van der Waals surface area contributed by atoms with Crippen molar-refractivity contribution in [2.24, 2.45) is 0 Å². The van der Waals surface area contributed by atoms with E-state index in [-0.39, 0.29) is 5.69 Å². The van der Waals surface area contributed by atoms with Crippen LogP contribution in [-0.4, -0.2) is 20.9 Å². The SMILES string of the molecule is Fc1cc(-n2cc(CCCl)nn2)cc(F)c1F. The molecule has 0 saturated carbocycles. The van der Waals surface area contributed by atoms with E-state index >= 15 is 0 Å². The van der Waals surface area contributed by atoms with Crippen molar-refractivity contribution in [3.8, 4) is 5.69 Å². The van der Waals surface area contributed by atoms with E-state index in [4.69, 9.17) is 11.6 Å². The van der Waals surface area contributed by atoms with Crippen LogP contribution in [-0.2, 0) is 6.42 Å². The van der Waals surface area contributed by atoms with Crippen molar-refractivity contribution >= 4 is 11.6 Å². The zero-order valence-corrected chi connectivity index (χ0v) is 9.26. The van der Waals surface area contributed by atoms with E-state index < -0.39 is 17.5 Å². The summed E-state index contributed by atoms with van der Waals surface area (Å²) in [6.07, 6.45) is 1.97. The van der Waals surface area contributed by atoms with Gasteiger partial charge in [0, 0.05) is 24.4 Å². The molecule has 0 aliphatic heterocycles. The summed E-state index contributed by atoms with van der Waals surface area (Å²) in [6.45, 7) is 0. The summed E-state index contributed by atoms with van der Waals surface area (Å²) in [4.78, 5) is 0. The Morgan fingerprint density at radius 2 is 1.82 bits per heavy atom. The van der Waals surface area contributed by atoms with Crippen molar-refractivity contribution in [1.29, 1.82) is 0 Å². The number of hydrogen-bond acceptors (Lipinski definition) is 2. The van der Waals surface area contributed by atoms with Gasteiger partial charge in [-0.15, -0.1) is 16.7 Å². The minimum atomic E-state index is -1.50. The molecule has 3 nitrogen and oxygen atoms in total. The zero-order chi connectivity index (χ0) is 12.4. The fourth-order valence-corrected chi connectivity index (χ4v) is 1.50. The monoisotopic (exact) mass is 261 g/mol. The van der Waals surface area contributed by atoms with E-state index in [1.807, 2.05) is 0 Å². The third kappa shape index (κ3) is 2.41. The van der Waals surface area contributed by atoms with E-state index in [0.717, 1.165) is 16.8 Å². The Balaban J connectivity index is 2.39. The molecule has 0 bridgehead atoms. The van der Waals surface area contributed by atoms with E-state index in [1.165, 1.54) is 6.20 Å². The molecule has 1 aromatic carbocycles. The van der Waals surface area contributed by atoms with Gasteiger partial charge in [0.05, 0.1) is 17.6 Å². The first-order valence-corrected chi connectivity index (χ1v) is 5.27. The van der Waals surface area contributed by atoms with Crippen LogP contribution in [0.1, 0.15) is 5.69 Å². The van der Waals surface area contributed by atoms with Crippen molar-refractivity contribution in [3.63, 3.8) is 0 Å². The quantitative estimate of drug-likeness (QED) is 0.628. The van der Waals surface area contributed by atoms with Gasteiger partial charge < -0.3 is 0 Å². The number of benzene rings is 1. The lowest BCUT2D eigenvalue weighted by Gasteiger charge is -2.01. The standard InChI is InChI=1S/C10H7ClF3N3/c11-2-1-6-5-17(16-15-6)7-3-8(12)10(14)9(13)4-7/h3-5H,1-2H2. The van der Waals surface area contributed by atoms with Crippen LogP contribution < -0.4 is 0 Å². The summed E-state index contributed by atoms with van der Waals surface area (Å²) in [5, 5.41) is 7.42. The number of nitrogens with zero attached hydrogens (tertiary/aromatic N) is 3. The van der Waals surface area contributed by atoms with Gasteiger partial charge in [0.1, 0.15) is 0 Å². The van der Waals surface area contributed by atoms with Crippen molar-refractivity contribution in [1.82, 2.24) is 15.0 Å². The molecule has 0 N–H and O–H groups in total. The molecule has 7 heteroatoms. The first-order valence-electron chi connectivity index (χ1n) is 4.74. The second-order valence-corrected chi connectivity index (χ2v) is 3.69. The highest BCUT2D eigenvalue weighted by Gasteiger charge is 2.12. The molecule has 0 aliphatic rings.